The SMILES string of the molecule is COc1ccc(N(c2nc(N)nc(NC3CCCCCC3)n2)C2CCOCC2)cc1F. The highest BCUT2D eigenvalue weighted by Gasteiger charge is 2.27. The van der Waals surface area contributed by atoms with Crippen LogP contribution in [0.3, 0.4) is 0 Å². The Morgan fingerprint density at radius 2 is 1.81 bits per heavy atom. The van der Waals surface area contributed by atoms with Crippen LogP contribution in [0.2, 0.25) is 0 Å². The minimum absolute atomic E-state index is 0.0640. The van der Waals surface area contributed by atoms with Gasteiger partial charge in [0.05, 0.1) is 7.11 Å². The Balaban J connectivity index is 1.67. The third kappa shape index (κ3) is 5.33. The quantitative estimate of drug-likeness (QED) is 0.662. The summed E-state index contributed by atoms with van der Waals surface area (Å²) in [5.41, 5.74) is 6.72. The minimum atomic E-state index is -0.434. The summed E-state index contributed by atoms with van der Waals surface area (Å²) in [7, 11) is 1.45. The zero-order valence-corrected chi connectivity index (χ0v) is 18.0. The van der Waals surface area contributed by atoms with Gasteiger partial charge in [-0.05, 0) is 37.8 Å². The van der Waals surface area contributed by atoms with Crippen molar-refractivity contribution in [3.63, 3.8) is 0 Å². The lowest BCUT2D eigenvalue weighted by Gasteiger charge is -2.34. The Morgan fingerprint density at radius 3 is 2.48 bits per heavy atom. The number of nitrogens with one attached hydrogen (secondary N) is 1. The van der Waals surface area contributed by atoms with Crippen molar-refractivity contribution in [1.29, 1.82) is 0 Å². The van der Waals surface area contributed by atoms with E-state index in [-0.39, 0.29) is 17.7 Å². The van der Waals surface area contributed by atoms with Crippen LogP contribution in [0.25, 0.3) is 0 Å². The number of benzene rings is 1. The first kappa shape index (κ1) is 21.5. The van der Waals surface area contributed by atoms with Crippen molar-refractivity contribution in [3.8, 4) is 5.75 Å². The molecule has 2 fully saturated rings. The van der Waals surface area contributed by atoms with Crippen LogP contribution in [0.4, 0.5) is 27.9 Å². The number of nitrogens with two attached hydrogens (primary N) is 1. The van der Waals surface area contributed by atoms with Crippen LogP contribution < -0.4 is 20.7 Å². The van der Waals surface area contributed by atoms with E-state index in [1.165, 1.54) is 38.9 Å². The average Bonchev–Trinajstić information content (AvgIpc) is 3.03. The fourth-order valence-electron chi connectivity index (χ4n) is 4.40. The van der Waals surface area contributed by atoms with Gasteiger partial charge in [0.1, 0.15) is 0 Å². The highest BCUT2D eigenvalue weighted by molar-refractivity contribution is 5.61. The number of methoxy groups -OCH3 is 1. The third-order valence-electron chi connectivity index (χ3n) is 6.01. The van der Waals surface area contributed by atoms with E-state index in [1.54, 1.807) is 6.07 Å². The fraction of sp³-hybridized carbons (Fsp3) is 0.591. The smallest absolute Gasteiger partial charge is 0.236 e. The number of rotatable bonds is 6. The second-order valence-electron chi connectivity index (χ2n) is 8.18. The maximum absolute atomic E-state index is 14.5. The zero-order valence-electron chi connectivity index (χ0n) is 18.0. The Hall–Kier alpha value is -2.68. The van der Waals surface area contributed by atoms with Gasteiger partial charge in [-0.2, -0.15) is 15.0 Å². The van der Waals surface area contributed by atoms with Gasteiger partial charge >= 0.3 is 0 Å². The molecule has 31 heavy (non-hydrogen) atoms. The normalized spacial score (nSPS) is 18.4. The molecule has 0 unspecified atom stereocenters. The summed E-state index contributed by atoms with van der Waals surface area (Å²) < 4.78 is 25.1. The van der Waals surface area contributed by atoms with Crippen LogP contribution >= 0.6 is 0 Å². The number of halogens is 1. The summed E-state index contributed by atoms with van der Waals surface area (Å²) in [5, 5.41) is 3.45. The summed E-state index contributed by atoms with van der Waals surface area (Å²) in [5.74, 6) is 0.796. The lowest BCUT2D eigenvalue weighted by molar-refractivity contribution is 0.0863. The van der Waals surface area contributed by atoms with E-state index in [1.807, 2.05) is 11.0 Å². The van der Waals surface area contributed by atoms with E-state index >= 15 is 0 Å². The molecule has 9 heteroatoms. The number of ether oxygens (including phenoxy) is 2. The molecule has 1 aromatic carbocycles. The number of nitrogens with zero attached hydrogens (tertiary/aromatic N) is 4. The number of aromatic nitrogens is 3. The maximum atomic E-state index is 14.5. The topological polar surface area (TPSA) is 98.4 Å². The maximum Gasteiger partial charge on any atom is 0.236 e. The van der Waals surface area contributed by atoms with Gasteiger partial charge in [-0.15, -0.1) is 0 Å². The Morgan fingerprint density at radius 1 is 1.06 bits per heavy atom. The van der Waals surface area contributed by atoms with E-state index in [0.29, 0.717) is 36.8 Å². The van der Waals surface area contributed by atoms with Crippen LogP contribution in [0, 0.1) is 5.82 Å². The lowest BCUT2D eigenvalue weighted by Crippen LogP contribution is -2.37. The molecule has 0 amide bonds. The molecule has 0 bridgehead atoms. The Kier molecular flexibility index (Phi) is 7.01. The molecule has 0 spiro atoms. The van der Waals surface area contributed by atoms with Crippen molar-refractivity contribution in [2.75, 3.05) is 36.3 Å². The first-order chi connectivity index (χ1) is 15.1. The molecule has 2 heterocycles. The predicted molar refractivity (Wildman–Crippen MR) is 118 cm³/mol. The van der Waals surface area contributed by atoms with Gasteiger partial charge in [0, 0.05) is 37.1 Å². The molecule has 4 rings (SSSR count). The van der Waals surface area contributed by atoms with Gasteiger partial charge < -0.3 is 25.4 Å². The molecule has 1 saturated carbocycles. The van der Waals surface area contributed by atoms with Crippen molar-refractivity contribution in [1.82, 2.24) is 15.0 Å². The summed E-state index contributed by atoms with van der Waals surface area (Å²) in [6.07, 6.45) is 8.68. The molecule has 1 aliphatic heterocycles. The molecule has 0 radical (unpaired) electrons. The van der Waals surface area contributed by atoms with Crippen LogP contribution in [0.5, 0.6) is 5.75 Å². The molecule has 8 nitrogen and oxygen atoms in total. The molecule has 2 aromatic rings. The van der Waals surface area contributed by atoms with Crippen molar-refractivity contribution < 1.29 is 13.9 Å². The summed E-state index contributed by atoms with van der Waals surface area (Å²) in [6, 6.07) is 5.27. The standard InChI is InChI=1S/C22H31FN6O2/c1-30-19-9-8-17(14-18(19)23)29(16-10-12-31-13-11-16)22-27-20(24)26-21(28-22)25-15-6-4-2-3-5-7-15/h8-9,14-16H,2-7,10-13H2,1H3,(H3,24,25,26,27,28). The molecule has 1 aromatic heterocycles. The Bertz CT molecular complexity index is 869. The summed E-state index contributed by atoms with van der Waals surface area (Å²) in [6.45, 7) is 1.26. The zero-order chi connectivity index (χ0) is 21.6. The van der Waals surface area contributed by atoms with Gasteiger partial charge in [-0.1, -0.05) is 25.7 Å². The molecule has 168 valence electrons. The number of hydrogen-bond acceptors (Lipinski definition) is 8. The Labute approximate surface area is 182 Å². The highest BCUT2D eigenvalue weighted by atomic mass is 19.1. The number of nitrogen functional groups attached to an aromatic ring is 1. The molecule has 3 N–H and O–H groups in total. The minimum Gasteiger partial charge on any atom is -0.494 e. The highest BCUT2D eigenvalue weighted by Crippen LogP contribution is 2.33. The van der Waals surface area contributed by atoms with Gasteiger partial charge in [0.25, 0.3) is 0 Å². The van der Waals surface area contributed by atoms with Gasteiger partial charge in [0.2, 0.25) is 17.8 Å². The second kappa shape index (κ2) is 10.1. The van der Waals surface area contributed by atoms with E-state index in [9.17, 15) is 4.39 Å². The fourth-order valence-corrected chi connectivity index (χ4v) is 4.40. The van der Waals surface area contributed by atoms with E-state index < -0.39 is 5.82 Å². The predicted octanol–water partition coefficient (Wildman–Crippen LogP) is 4.05. The van der Waals surface area contributed by atoms with E-state index in [2.05, 4.69) is 15.3 Å². The summed E-state index contributed by atoms with van der Waals surface area (Å²) >= 11 is 0. The van der Waals surface area contributed by atoms with Crippen molar-refractivity contribution in [2.24, 2.45) is 0 Å². The van der Waals surface area contributed by atoms with Crippen LogP contribution in [-0.4, -0.2) is 47.4 Å². The third-order valence-corrected chi connectivity index (χ3v) is 6.01. The molecule has 1 saturated heterocycles. The molecular formula is C22H31FN6O2. The van der Waals surface area contributed by atoms with Crippen LogP contribution in [-0.2, 0) is 4.74 Å². The molecule has 0 atom stereocenters. The monoisotopic (exact) mass is 430 g/mol. The van der Waals surface area contributed by atoms with E-state index in [0.717, 1.165) is 25.7 Å². The number of hydrogen-bond donors (Lipinski definition) is 2. The van der Waals surface area contributed by atoms with Gasteiger partial charge in [0.15, 0.2) is 11.6 Å². The first-order valence-electron chi connectivity index (χ1n) is 11.1. The summed E-state index contributed by atoms with van der Waals surface area (Å²) in [4.78, 5) is 15.4. The molecular weight excluding hydrogens is 399 g/mol. The lowest BCUT2D eigenvalue weighted by atomic mass is 10.1. The molecule has 2 aliphatic rings. The van der Waals surface area contributed by atoms with Crippen LogP contribution in [0.15, 0.2) is 18.2 Å². The van der Waals surface area contributed by atoms with Crippen molar-refractivity contribution >= 4 is 23.5 Å². The first-order valence-corrected chi connectivity index (χ1v) is 11.1. The van der Waals surface area contributed by atoms with Crippen molar-refractivity contribution in [2.45, 2.75) is 63.5 Å². The molecule has 1 aliphatic carbocycles. The second-order valence-corrected chi connectivity index (χ2v) is 8.18. The van der Waals surface area contributed by atoms with Gasteiger partial charge in [-0.3, -0.25) is 0 Å². The van der Waals surface area contributed by atoms with E-state index in [4.69, 9.17) is 20.2 Å². The van der Waals surface area contributed by atoms with Gasteiger partial charge in [-0.25, -0.2) is 4.39 Å². The van der Waals surface area contributed by atoms with Crippen molar-refractivity contribution in [3.05, 3.63) is 24.0 Å². The van der Waals surface area contributed by atoms with Crippen LogP contribution in [0.1, 0.15) is 51.4 Å². The largest absolute Gasteiger partial charge is 0.494 e. The number of anilines is 4. The average molecular weight is 431 g/mol.